The molecule has 90 valence electrons. The standard InChI is InChI=1S/C13H26O2/c1-4-11(3)13(14)9-15-12-7-5-6-10(2)8-12/h10-14H,4-9H2,1-3H3. The van der Waals surface area contributed by atoms with Crippen LogP contribution >= 0.6 is 0 Å². The summed E-state index contributed by atoms with van der Waals surface area (Å²) in [5, 5.41) is 9.79. The molecule has 4 unspecified atom stereocenters. The summed E-state index contributed by atoms with van der Waals surface area (Å²) in [5.41, 5.74) is 0. The maximum Gasteiger partial charge on any atom is 0.0799 e. The van der Waals surface area contributed by atoms with E-state index in [0.29, 0.717) is 18.6 Å². The number of aliphatic hydroxyl groups excluding tert-OH is 1. The molecule has 0 aromatic carbocycles. The molecule has 0 aliphatic heterocycles. The zero-order valence-corrected chi connectivity index (χ0v) is 10.4. The molecule has 0 saturated heterocycles. The van der Waals surface area contributed by atoms with Crippen LogP contribution in [0.5, 0.6) is 0 Å². The van der Waals surface area contributed by atoms with Crippen molar-refractivity contribution in [2.24, 2.45) is 11.8 Å². The molecule has 1 rings (SSSR count). The summed E-state index contributed by atoms with van der Waals surface area (Å²) < 4.78 is 5.79. The summed E-state index contributed by atoms with van der Waals surface area (Å²) in [6, 6.07) is 0. The van der Waals surface area contributed by atoms with Gasteiger partial charge in [-0.25, -0.2) is 0 Å². The van der Waals surface area contributed by atoms with Gasteiger partial charge in [0.15, 0.2) is 0 Å². The van der Waals surface area contributed by atoms with Gasteiger partial charge in [0.2, 0.25) is 0 Å². The third-order valence-corrected chi connectivity index (χ3v) is 3.69. The highest BCUT2D eigenvalue weighted by Crippen LogP contribution is 2.26. The van der Waals surface area contributed by atoms with Crippen LogP contribution in [0.1, 0.15) is 52.9 Å². The monoisotopic (exact) mass is 214 g/mol. The molecule has 0 amide bonds. The SMILES string of the molecule is CCC(C)C(O)COC1CCCC(C)C1. The van der Waals surface area contributed by atoms with Gasteiger partial charge in [0.25, 0.3) is 0 Å². The molecule has 0 aromatic heterocycles. The van der Waals surface area contributed by atoms with Gasteiger partial charge in [-0.3, -0.25) is 0 Å². The Labute approximate surface area is 94.0 Å². The topological polar surface area (TPSA) is 29.5 Å². The molecule has 1 aliphatic carbocycles. The highest BCUT2D eigenvalue weighted by Gasteiger charge is 2.21. The van der Waals surface area contributed by atoms with E-state index < -0.39 is 0 Å². The Morgan fingerprint density at radius 2 is 2.13 bits per heavy atom. The number of rotatable bonds is 5. The lowest BCUT2D eigenvalue weighted by Gasteiger charge is -2.28. The van der Waals surface area contributed by atoms with Crippen LogP contribution in [0.2, 0.25) is 0 Å². The minimum atomic E-state index is -0.285. The van der Waals surface area contributed by atoms with Gasteiger partial charge in [0.05, 0.1) is 18.8 Å². The molecule has 0 aromatic rings. The highest BCUT2D eigenvalue weighted by atomic mass is 16.5. The second-order valence-electron chi connectivity index (χ2n) is 5.18. The Kier molecular flexibility index (Phi) is 5.62. The van der Waals surface area contributed by atoms with E-state index >= 15 is 0 Å². The maximum atomic E-state index is 9.79. The zero-order chi connectivity index (χ0) is 11.3. The number of hydrogen-bond donors (Lipinski definition) is 1. The molecule has 4 atom stereocenters. The molecule has 0 heterocycles. The summed E-state index contributed by atoms with van der Waals surface area (Å²) in [6.07, 6.45) is 6.11. The minimum absolute atomic E-state index is 0.285. The average Bonchev–Trinajstić information content (AvgIpc) is 2.25. The minimum Gasteiger partial charge on any atom is -0.390 e. The number of hydrogen-bond acceptors (Lipinski definition) is 2. The van der Waals surface area contributed by atoms with Crippen LogP contribution in [-0.2, 0) is 4.74 Å². The molecule has 1 N–H and O–H groups in total. The van der Waals surface area contributed by atoms with Crippen LogP contribution in [0.4, 0.5) is 0 Å². The van der Waals surface area contributed by atoms with Crippen molar-refractivity contribution in [1.29, 1.82) is 0 Å². The number of aliphatic hydroxyl groups is 1. The summed E-state index contributed by atoms with van der Waals surface area (Å²) in [5.74, 6) is 1.15. The Morgan fingerprint density at radius 1 is 1.40 bits per heavy atom. The van der Waals surface area contributed by atoms with Crippen molar-refractivity contribution >= 4 is 0 Å². The molecule has 0 radical (unpaired) electrons. The molecule has 2 nitrogen and oxygen atoms in total. The second kappa shape index (κ2) is 6.49. The van der Waals surface area contributed by atoms with Crippen LogP contribution < -0.4 is 0 Å². The van der Waals surface area contributed by atoms with E-state index in [1.807, 2.05) is 0 Å². The average molecular weight is 214 g/mol. The van der Waals surface area contributed by atoms with Crippen LogP contribution in [0.15, 0.2) is 0 Å². The van der Waals surface area contributed by atoms with Crippen LogP contribution in [0.25, 0.3) is 0 Å². The molecule has 1 fully saturated rings. The van der Waals surface area contributed by atoms with E-state index in [0.717, 1.165) is 12.3 Å². The number of ether oxygens (including phenoxy) is 1. The molecular weight excluding hydrogens is 188 g/mol. The molecule has 2 heteroatoms. The molecule has 0 spiro atoms. The smallest absolute Gasteiger partial charge is 0.0799 e. The Hall–Kier alpha value is -0.0800. The van der Waals surface area contributed by atoms with E-state index in [-0.39, 0.29) is 6.10 Å². The van der Waals surface area contributed by atoms with Gasteiger partial charge in [-0.05, 0) is 24.7 Å². The lowest BCUT2D eigenvalue weighted by Crippen LogP contribution is -2.29. The lowest BCUT2D eigenvalue weighted by molar-refractivity contribution is -0.0466. The van der Waals surface area contributed by atoms with Crippen molar-refractivity contribution in [3.63, 3.8) is 0 Å². The van der Waals surface area contributed by atoms with Gasteiger partial charge < -0.3 is 9.84 Å². The normalized spacial score (nSPS) is 31.2. The molecular formula is C13H26O2. The lowest BCUT2D eigenvalue weighted by atomic mass is 9.88. The predicted molar refractivity (Wildman–Crippen MR) is 62.8 cm³/mol. The fourth-order valence-corrected chi connectivity index (χ4v) is 2.20. The first-order valence-corrected chi connectivity index (χ1v) is 6.43. The quantitative estimate of drug-likeness (QED) is 0.762. The first-order valence-electron chi connectivity index (χ1n) is 6.43. The van der Waals surface area contributed by atoms with Crippen molar-refractivity contribution in [2.45, 2.75) is 65.1 Å². The van der Waals surface area contributed by atoms with Crippen LogP contribution in [0, 0.1) is 11.8 Å². The second-order valence-corrected chi connectivity index (χ2v) is 5.18. The van der Waals surface area contributed by atoms with Gasteiger partial charge in [-0.1, -0.05) is 40.0 Å². The van der Waals surface area contributed by atoms with Gasteiger partial charge >= 0.3 is 0 Å². The fraction of sp³-hybridized carbons (Fsp3) is 1.00. The van der Waals surface area contributed by atoms with Gasteiger partial charge in [0.1, 0.15) is 0 Å². The van der Waals surface area contributed by atoms with E-state index in [2.05, 4.69) is 20.8 Å². The summed E-state index contributed by atoms with van der Waals surface area (Å²) in [7, 11) is 0. The van der Waals surface area contributed by atoms with Gasteiger partial charge in [-0.2, -0.15) is 0 Å². The van der Waals surface area contributed by atoms with E-state index in [9.17, 15) is 5.11 Å². The van der Waals surface area contributed by atoms with Gasteiger partial charge in [0, 0.05) is 0 Å². The van der Waals surface area contributed by atoms with Gasteiger partial charge in [-0.15, -0.1) is 0 Å². The Morgan fingerprint density at radius 3 is 2.73 bits per heavy atom. The van der Waals surface area contributed by atoms with Crippen molar-refractivity contribution in [3.05, 3.63) is 0 Å². The predicted octanol–water partition coefficient (Wildman–Crippen LogP) is 2.99. The third-order valence-electron chi connectivity index (χ3n) is 3.69. The van der Waals surface area contributed by atoms with Crippen molar-refractivity contribution in [1.82, 2.24) is 0 Å². The zero-order valence-electron chi connectivity index (χ0n) is 10.4. The third kappa shape index (κ3) is 4.52. The van der Waals surface area contributed by atoms with E-state index in [1.165, 1.54) is 25.7 Å². The Balaban J connectivity index is 2.18. The maximum absolute atomic E-state index is 9.79. The molecule has 1 aliphatic rings. The van der Waals surface area contributed by atoms with Crippen molar-refractivity contribution in [2.75, 3.05) is 6.61 Å². The molecule has 0 bridgehead atoms. The van der Waals surface area contributed by atoms with E-state index in [4.69, 9.17) is 4.74 Å². The summed E-state index contributed by atoms with van der Waals surface area (Å²) >= 11 is 0. The largest absolute Gasteiger partial charge is 0.390 e. The summed E-state index contributed by atoms with van der Waals surface area (Å²) in [6.45, 7) is 7.00. The van der Waals surface area contributed by atoms with Crippen LogP contribution in [0.3, 0.4) is 0 Å². The molecule has 15 heavy (non-hydrogen) atoms. The van der Waals surface area contributed by atoms with E-state index in [1.54, 1.807) is 0 Å². The Bertz CT molecular complexity index is 170. The first-order chi connectivity index (χ1) is 7.13. The summed E-state index contributed by atoms with van der Waals surface area (Å²) in [4.78, 5) is 0. The fourth-order valence-electron chi connectivity index (χ4n) is 2.20. The van der Waals surface area contributed by atoms with Crippen molar-refractivity contribution < 1.29 is 9.84 Å². The van der Waals surface area contributed by atoms with Crippen molar-refractivity contribution in [3.8, 4) is 0 Å². The van der Waals surface area contributed by atoms with Crippen LogP contribution in [-0.4, -0.2) is 23.9 Å². The molecule has 1 saturated carbocycles. The first kappa shape index (κ1) is 13.0. The highest BCUT2D eigenvalue weighted by molar-refractivity contribution is 4.71.